The first-order valence-corrected chi connectivity index (χ1v) is 7.72. The van der Waals surface area contributed by atoms with E-state index in [4.69, 9.17) is 16.2 Å². The van der Waals surface area contributed by atoms with Gasteiger partial charge in [-0.05, 0) is 18.2 Å². The van der Waals surface area contributed by atoms with Gasteiger partial charge in [0, 0.05) is 12.4 Å². The zero-order valence-electron chi connectivity index (χ0n) is 8.46. The third kappa shape index (κ3) is 5.61. The van der Waals surface area contributed by atoms with Crippen LogP contribution in [0.2, 0.25) is 0 Å². The molecule has 0 aromatic carbocycles. The number of halogens is 3. The Morgan fingerprint density at radius 2 is 2.06 bits per heavy atom. The lowest BCUT2D eigenvalue weighted by molar-refractivity contribution is 0.620. The molecule has 0 spiro atoms. The molecule has 0 unspecified atom stereocenters. The van der Waals surface area contributed by atoms with Gasteiger partial charge in [-0.1, -0.05) is 0 Å². The number of hydrogen-bond acceptors (Lipinski definition) is 3. The second kappa shape index (κ2) is 7.79. The van der Waals surface area contributed by atoms with Crippen LogP contribution in [-0.2, 0) is 15.5 Å². The molecule has 8 heteroatoms. The second-order valence-electron chi connectivity index (χ2n) is 2.78. The summed E-state index contributed by atoms with van der Waals surface area (Å²) in [6, 6.07) is 5.71. The van der Waals surface area contributed by atoms with E-state index in [1.165, 1.54) is 0 Å². The van der Waals surface area contributed by atoms with Crippen LogP contribution < -0.4 is 0 Å². The second-order valence-corrected chi connectivity index (χ2v) is 5.57. The van der Waals surface area contributed by atoms with E-state index in [0.29, 0.717) is 5.88 Å². The van der Waals surface area contributed by atoms with E-state index in [0.717, 1.165) is 11.4 Å². The van der Waals surface area contributed by atoms with Crippen molar-refractivity contribution in [2.75, 3.05) is 0 Å². The molecule has 2 rings (SSSR count). The number of nitrogens with zero attached hydrogens (tertiary/aromatic N) is 3. The Labute approximate surface area is 116 Å². The maximum Gasteiger partial charge on any atom is 0.198 e. The number of hydrogen-bond donors (Lipinski definition) is 0. The Hall–Kier alpha value is -0.460. The van der Waals surface area contributed by atoms with Crippen molar-refractivity contribution < 1.29 is 4.55 Å². The van der Waals surface area contributed by atoms with Crippen LogP contribution in [0, 0.1) is 0 Å². The van der Waals surface area contributed by atoms with E-state index < -0.39 is 9.60 Å². The molecule has 0 saturated heterocycles. The summed E-state index contributed by atoms with van der Waals surface area (Å²) in [6.45, 7) is 0. The predicted octanol–water partition coefficient (Wildman–Crippen LogP) is 3.05. The maximum absolute atomic E-state index is 9.09. The molecule has 92 valence electrons. The van der Waals surface area contributed by atoms with E-state index in [-0.39, 0.29) is 0 Å². The highest BCUT2D eigenvalue weighted by atomic mass is 36.0. The van der Waals surface area contributed by atoms with Crippen molar-refractivity contribution in [1.29, 1.82) is 0 Å². The molecule has 0 aliphatic rings. The summed E-state index contributed by atoms with van der Waals surface area (Å²) in [6.07, 6.45) is 5.36. The van der Waals surface area contributed by atoms with Gasteiger partial charge in [-0.3, -0.25) is 4.98 Å². The molecule has 2 heterocycles. The molecule has 0 saturated carbocycles. The van der Waals surface area contributed by atoms with Crippen molar-refractivity contribution in [2.24, 2.45) is 0 Å². The quantitative estimate of drug-likeness (QED) is 0.632. The lowest BCUT2D eigenvalue weighted by Gasteiger charge is -2.00. The molecule has 0 atom stereocenters. The molecular weight excluding hydrogens is 305 g/mol. The summed E-state index contributed by atoms with van der Waals surface area (Å²) in [5, 5.41) is 4.09. The molecule has 17 heavy (non-hydrogen) atoms. The van der Waals surface area contributed by atoms with Crippen LogP contribution in [-0.4, -0.2) is 19.3 Å². The fourth-order valence-electron chi connectivity index (χ4n) is 1.05. The summed E-state index contributed by atoms with van der Waals surface area (Å²) < 4.78 is 10.8. The Kier molecular flexibility index (Phi) is 6.69. The number of pyridine rings is 1. The Balaban J connectivity index is 0.000000317. The van der Waals surface area contributed by atoms with Crippen LogP contribution in [0.1, 0.15) is 5.69 Å². The minimum atomic E-state index is -1.67. The average Bonchev–Trinajstić information content (AvgIpc) is 2.82. The molecule has 0 bridgehead atoms. The Bertz CT molecular complexity index is 419. The lowest BCUT2D eigenvalue weighted by atomic mass is 10.3. The first kappa shape index (κ1) is 14.6. The van der Waals surface area contributed by atoms with Crippen LogP contribution in [0.5, 0.6) is 0 Å². The standard InChI is InChI=1S/C9H8ClN3.Cl2OS/c10-6-8-2-3-9(7-11-8)13-5-1-4-12-13;1-4(2)3/h1-5,7H,6H2;. The topological polar surface area (TPSA) is 53.8 Å². The summed E-state index contributed by atoms with van der Waals surface area (Å²) in [4.78, 5) is 4.16. The van der Waals surface area contributed by atoms with Crippen molar-refractivity contribution in [3.63, 3.8) is 0 Å². The Morgan fingerprint density at radius 3 is 2.47 bits per heavy atom. The van der Waals surface area contributed by atoms with E-state index in [1.54, 1.807) is 17.1 Å². The highest BCUT2D eigenvalue weighted by molar-refractivity contribution is 8.31. The van der Waals surface area contributed by atoms with Crippen LogP contribution in [0.3, 0.4) is 0 Å². The smallest absolute Gasteiger partial charge is 0.198 e. The molecule has 2 aromatic rings. The van der Waals surface area contributed by atoms with Gasteiger partial charge >= 0.3 is 0 Å². The molecular formula is C9H8Cl3N3OS. The van der Waals surface area contributed by atoms with Crippen molar-refractivity contribution in [1.82, 2.24) is 14.8 Å². The fraction of sp³-hybridized carbons (Fsp3) is 0.111. The third-order valence-corrected chi connectivity index (χ3v) is 1.99. The van der Waals surface area contributed by atoms with E-state index in [9.17, 15) is 0 Å². The fourth-order valence-corrected chi connectivity index (χ4v) is 1.21. The minimum Gasteiger partial charge on any atom is -0.582 e. The van der Waals surface area contributed by atoms with Crippen LogP contribution >= 0.6 is 33.0 Å². The highest BCUT2D eigenvalue weighted by Gasteiger charge is 1.96. The predicted molar refractivity (Wildman–Crippen MR) is 70.8 cm³/mol. The third-order valence-electron chi connectivity index (χ3n) is 1.71. The van der Waals surface area contributed by atoms with Gasteiger partial charge in [0.25, 0.3) is 0 Å². The van der Waals surface area contributed by atoms with Gasteiger partial charge in [0.2, 0.25) is 0 Å². The molecule has 2 aromatic heterocycles. The van der Waals surface area contributed by atoms with Crippen molar-refractivity contribution in [2.45, 2.75) is 5.88 Å². The van der Waals surface area contributed by atoms with Crippen molar-refractivity contribution >= 4 is 42.6 Å². The molecule has 0 aliphatic carbocycles. The largest absolute Gasteiger partial charge is 0.582 e. The maximum atomic E-state index is 9.09. The normalized spacial score (nSPS) is 9.94. The van der Waals surface area contributed by atoms with Crippen LogP contribution in [0.25, 0.3) is 5.69 Å². The van der Waals surface area contributed by atoms with Crippen molar-refractivity contribution in [3.05, 3.63) is 42.5 Å². The van der Waals surface area contributed by atoms with Crippen LogP contribution in [0.4, 0.5) is 0 Å². The summed E-state index contributed by atoms with van der Waals surface area (Å²) in [5.74, 6) is 0.444. The number of rotatable bonds is 2. The lowest BCUT2D eigenvalue weighted by Crippen LogP contribution is -1.95. The van der Waals surface area contributed by atoms with Gasteiger partial charge in [-0.2, -0.15) is 5.10 Å². The molecule has 0 fully saturated rings. The van der Waals surface area contributed by atoms with E-state index in [2.05, 4.69) is 31.4 Å². The monoisotopic (exact) mass is 311 g/mol. The van der Waals surface area contributed by atoms with E-state index in [1.807, 2.05) is 24.4 Å². The molecule has 4 nitrogen and oxygen atoms in total. The number of alkyl halides is 1. The molecule has 0 radical (unpaired) electrons. The summed E-state index contributed by atoms with van der Waals surface area (Å²) in [7, 11) is 7.36. The van der Waals surface area contributed by atoms with Gasteiger partial charge in [-0.15, -0.1) is 11.6 Å². The van der Waals surface area contributed by atoms with Gasteiger partial charge in [0.1, 0.15) is 0 Å². The SMILES string of the molecule is ClCc1ccc(-n2cccn2)cn1.[O-][S+](Cl)Cl. The summed E-state index contributed by atoms with van der Waals surface area (Å²) in [5.41, 5.74) is 1.82. The minimum absolute atomic E-state index is 0.444. The van der Waals surface area contributed by atoms with Gasteiger partial charge in [-0.25, -0.2) is 4.68 Å². The zero-order valence-corrected chi connectivity index (χ0v) is 11.5. The van der Waals surface area contributed by atoms with E-state index >= 15 is 0 Å². The number of aromatic nitrogens is 3. The average molecular weight is 313 g/mol. The van der Waals surface area contributed by atoms with Gasteiger partial charge in [0.15, 0.2) is 31.0 Å². The Morgan fingerprint density at radius 1 is 1.35 bits per heavy atom. The van der Waals surface area contributed by atoms with Crippen LogP contribution in [0.15, 0.2) is 36.8 Å². The van der Waals surface area contributed by atoms with Gasteiger partial charge in [0.05, 0.1) is 23.5 Å². The first-order chi connectivity index (χ1) is 8.13. The van der Waals surface area contributed by atoms with Gasteiger partial charge < -0.3 is 4.55 Å². The molecule has 0 N–H and O–H groups in total. The molecule has 0 amide bonds. The molecule has 0 aliphatic heterocycles. The van der Waals surface area contributed by atoms with Crippen molar-refractivity contribution in [3.8, 4) is 5.69 Å². The highest BCUT2D eigenvalue weighted by Crippen LogP contribution is 2.06. The zero-order chi connectivity index (χ0) is 12.7. The summed E-state index contributed by atoms with van der Waals surface area (Å²) >= 11 is 5.62. The first-order valence-electron chi connectivity index (χ1n) is 4.38.